The molecule has 0 saturated heterocycles. The molecule has 0 bridgehead atoms. The van der Waals surface area contributed by atoms with Gasteiger partial charge in [0.25, 0.3) is 0 Å². The molecule has 0 aliphatic heterocycles. The van der Waals surface area contributed by atoms with Crippen molar-refractivity contribution in [1.29, 1.82) is 0 Å². The van der Waals surface area contributed by atoms with Crippen molar-refractivity contribution in [2.45, 2.75) is 50.4 Å². The zero-order chi connectivity index (χ0) is 17.9. The van der Waals surface area contributed by atoms with Crippen LogP contribution < -0.4 is 0 Å². The molecule has 2 aliphatic carbocycles. The van der Waals surface area contributed by atoms with Crippen molar-refractivity contribution in [3.8, 4) is 0 Å². The van der Waals surface area contributed by atoms with E-state index in [0.717, 1.165) is 12.3 Å². The minimum absolute atomic E-state index is 0.255. The van der Waals surface area contributed by atoms with Gasteiger partial charge in [-0.1, -0.05) is 19.1 Å². The summed E-state index contributed by atoms with van der Waals surface area (Å²) in [5, 5.41) is 3.24. The molecule has 2 saturated carbocycles. The molecule has 3 nitrogen and oxygen atoms in total. The van der Waals surface area contributed by atoms with Gasteiger partial charge in [-0.3, -0.25) is 0 Å². The van der Waals surface area contributed by atoms with Gasteiger partial charge in [0.05, 0.1) is 12.7 Å². The van der Waals surface area contributed by atoms with Crippen molar-refractivity contribution >= 4 is 28.2 Å². The van der Waals surface area contributed by atoms with E-state index >= 15 is 0 Å². The lowest BCUT2D eigenvalue weighted by molar-refractivity contribution is 0.0601. The molecule has 0 spiro atoms. The third kappa shape index (κ3) is 2.67. The van der Waals surface area contributed by atoms with E-state index in [-0.39, 0.29) is 11.4 Å². The lowest BCUT2D eigenvalue weighted by Gasteiger charge is -2.10. The molecular weight excluding hydrogens is 342 g/mol. The molecule has 4 heteroatoms. The fourth-order valence-electron chi connectivity index (χ4n) is 3.95. The number of methoxy groups -OCH3 is 1. The number of aromatic amines is 1. The van der Waals surface area contributed by atoms with Crippen LogP contribution in [0.25, 0.3) is 10.9 Å². The van der Waals surface area contributed by atoms with Gasteiger partial charge in [-0.2, -0.15) is 0 Å². The van der Waals surface area contributed by atoms with E-state index in [2.05, 4.69) is 30.1 Å². The molecule has 0 unspecified atom stereocenters. The number of aromatic nitrogens is 1. The molecule has 2 heterocycles. The Kier molecular flexibility index (Phi) is 3.54. The number of benzene rings is 1. The Morgan fingerprint density at radius 2 is 2.12 bits per heavy atom. The van der Waals surface area contributed by atoms with Gasteiger partial charge in [-0.05, 0) is 54.9 Å². The van der Waals surface area contributed by atoms with Crippen LogP contribution in [0.2, 0.25) is 0 Å². The number of nitrogens with one attached hydrogen (secondary N) is 1. The number of fused-ring (bicyclic) bond motifs is 1. The number of esters is 1. The van der Waals surface area contributed by atoms with Crippen molar-refractivity contribution in [3.63, 3.8) is 0 Å². The SMILES string of the molecule is COC(=O)c1csc(Cc2c(C3(C)CC3)[nH]c3cc(C4CC4)ccc23)c1. The van der Waals surface area contributed by atoms with Gasteiger partial charge in [0.2, 0.25) is 0 Å². The van der Waals surface area contributed by atoms with Crippen LogP contribution in [0.5, 0.6) is 0 Å². The molecular formula is C22H23NO2S. The minimum Gasteiger partial charge on any atom is -0.465 e. The third-order valence-electron chi connectivity index (χ3n) is 6.01. The lowest BCUT2D eigenvalue weighted by Crippen LogP contribution is -2.04. The molecule has 1 aromatic carbocycles. The maximum absolute atomic E-state index is 11.8. The van der Waals surface area contributed by atoms with Gasteiger partial charge in [0, 0.05) is 38.7 Å². The number of hydrogen-bond acceptors (Lipinski definition) is 3. The van der Waals surface area contributed by atoms with Crippen LogP contribution in [-0.4, -0.2) is 18.1 Å². The number of carbonyl (C=O) groups excluding carboxylic acids is 1. The van der Waals surface area contributed by atoms with E-state index in [4.69, 9.17) is 4.74 Å². The standard InChI is InChI=1S/C22H23NO2S/c1-22(7-8-22)20-18(11-16-9-15(12-26-16)21(24)25-2)17-6-5-14(13-3-4-13)10-19(17)23-20/h5-6,9-10,12-13,23H,3-4,7-8,11H2,1-2H3. The monoisotopic (exact) mass is 365 g/mol. The van der Waals surface area contributed by atoms with Crippen molar-refractivity contribution in [1.82, 2.24) is 4.98 Å². The van der Waals surface area contributed by atoms with Gasteiger partial charge in [0.1, 0.15) is 0 Å². The number of thiophene rings is 1. The maximum atomic E-state index is 11.8. The highest BCUT2D eigenvalue weighted by Gasteiger charge is 2.42. The summed E-state index contributed by atoms with van der Waals surface area (Å²) < 4.78 is 4.85. The first kappa shape index (κ1) is 16.1. The average molecular weight is 365 g/mol. The Bertz CT molecular complexity index is 1000. The fourth-order valence-corrected chi connectivity index (χ4v) is 4.82. The normalized spacial score (nSPS) is 18.2. The van der Waals surface area contributed by atoms with Gasteiger partial charge in [-0.15, -0.1) is 11.3 Å². The highest BCUT2D eigenvalue weighted by Crippen LogP contribution is 2.50. The summed E-state index contributed by atoms with van der Waals surface area (Å²) in [6, 6.07) is 8.95. The molecule has 0 amide bonds. The summed E-state index contributed by atoms with van der Waals surface area (Å²) in [6.45, 7) is 2.36. The Morgan fingerprint density at radius 1 is 1.31 bits per heavy atom. The van der Waals surface area contributed by atoms with E-state index < -0.39 is 0 Å². The molecule has 0 atom stereocenters. The summed E-state index contributed by atoms with van der Waals surface area (Å²) in [7, 11) is 1.43. The number of hydrogen-bond donors (Lipinski definition) is 1. The lowest BCUT2D eigenvalue weighted by atomic mass is 9.96. The van der Waals surface area contributed by atoms with E-state index in [1.807, 2.05) is 11.4 Å². The zero-order valence-electron chi connectivity index (χ0n) is 15.2. The van der Waals surface area contributed by atoms with E-state index in [9.17, 15) is 4.79 Å². The van der Waals surface area contributed by atoms with E-state index in [1.165, 1.54) is 65.4 Å². The molecule has 26 heavy (non-hydrogen) atoms. The molecule has 5 rings (SSSR count). The van der Waals surface area contributed by atoms with Gasteiger partial charge >= 0.3 is 5.97 Å². The Labute approximate surface area is 157 Å². The second kappa shape index (κ2) is 5.71. The quantitative estimate of drug-likeness (QED) is 0.604. The number of ether oxygens (including phenoxy) is 1. The highest BCUT2D eigenvalue weighted by atomic mass is 32.1. The largest absolute Gasteiger partial charge is 0.465 e. The van der Waals surface area contributed by atoms with Crippen LogP contribution in [0, 0.1) is 0 Å². The minimum atomic E-state index is -0.255. The summed E-state index contributed by atoms with van der Waals surface area (Å²) in [5.74, 6) is 0.515. The zero-order valence-corrected chi connectivity index (χ0v) is 16.0. The topological polar surface area (TPSA) is 42.1 Å². The first-order valence-electron chi connectivity index (χ1n) is 9.38. The van der Waals surface area contributed by atoms with Crippen LogP contribution >= 0.6 is 11.3 Å². The van der Waals surface area contributed by atoms with Crippen LogP contribution in [0.1, 0.15) is 70.6 Å². The van der Waals surface area contributed by atoms with Gasteiger partial charge in [0.15, 0.2) is 0 Å². The number of rotatable bonds is 5. The second-order valence-corrected chi connectivity index (χ2v) is 9.08. The van der Waals surface area contributed by atoms with Crippen LogP contribution in [0.15, 0.2) is 29.6 Å². The van der Waals surface area contributed by atoms with Gasteiger partial charge in [-0.25, -0.2) is 4.79 Å². The molecule has 2 fully saturated rings. The smallest absolute Gasteiger partial charge is 0.338 e. The molecule has 0 radical (unpaired) electrons. The second-order valence-electron chi connectivity index (χ2n) is 8.09. The number of carbonyl (C=O) groups is 1. The van der Waals surface area contributed by atoms with Crippen molar-refractivity contribution in [2.24, 2.45) is 0 Å². The highest BCUT2D eigenvalue weighted by molar-refractivity contribution is 7.10. The average Bonchev–Trinajstić information content (AvgIpc) is 3.55. The Morgan fingerprint density at radius 3 is 2.81 bits per heavy atom. The predicted octanol–water partition coefficient (Wildman–Crippen LogP) is 5.54. The Hall–Kier alpha value is -2.07. The van der Waals surface area contributed by atoms with Crippen LogP contribution in [-0.2, 0) is 16.6 Å². The van der Waals surface area contributed by atoms with Crippen LogP contribution in [0.3, 0.4) is 0 Å². The predicted molar refractivity (Wildman–Crippen MR) is 105 cm³/mol. The molecule has 2 aromatic heterocycles. The Balaban J connectivity index is 1.56. The summed E-state index contributed by atoms with van der Waals surface area (Å²) in [6.07, 6.45) is 6.03. The van der Waals surface area contributed by atoms with Crippen molar-refractivity contribution in [2.75, 3.05) is 7.11 Å². The van der Waals surface area contributed by atoms with Crippen molar-refractivity contribution in [3.05, 3.63) is 56.9 Å². The molecule has 134 valence electrons. The summed E-state index contributed by atoms with van der Waals surface area (Å²) in [4.78, 5) is 16.7. The molecule has 3 aromatic rings. The van der Waals surface area contributed by atoms with E-state index in [0.29, 0.717) is 5.56 Å². The number of H-pyrrole nitrogens is 1. The van der Waals surface area contributed by atoms with Gasteiger partial charge < -0.3 is 9.72 Å². The summed E-state index contributed by atoms with van der Waals surface area (Å²) >= 11 is 1.64. The maximum Gasteiger partial charge on any atom is 0.338 e. The fraction of sp³-hybridized carbons (Fsp3) is 0.409. The molecule has 2 aliphatic rings. The first-order chi connectivity index (χ1) is 12.6. The molecule has 1 N–H and O–H groups in total. The summed E-state index contributed by atoms with van der Waals surface area (Å²) in [5.41, 5.74) is 6.49. The first-order valence-corrected chi connectivity index (χ1v) is 10.3. The third-order valence-corrected chi connectivity index (χ3v) is 6.95. The van der Waals surface area contributed by atoms with Crippen LogP contribution in [0.4, 0.5) is 0 Å². The van der Waals surface area contributed by atoms with Crippen molar-refractivity contribution < 1.29 is 9.53 Å². The van der Waals surface area contributed by atoms with E-state index in [1.54, 1.807) is 11.3 Å².